The van der Waals surface area contributed by atoms with Crippen LogP contribution in [0.2, 0.25) is 0 Å². The van der Waals surface area contributed by atoms with E-state index in [1.807, 2.05) is 0 Å². The van der Waals surface area contributed by atoms with Crippen LogP contribution < -0.4 is 4.74 Å². The molecule has 0 aliphatic heterocycles. The molecule has 0 spiro atoms. The lowest BCUT2D eigenvalue weighted by Gasteiger charge is -2.07. The zero-order chi connectivity index (χ0) is 13.8. The second kappa shape index (κ2) is 5.34. The number of aldehydes is 1. The number of carboxylic acid groups (broad SMARTS) is 1. The van der Waals surface area contributed by atoms with Crippen LogP contribution >= 0.6 is 0 Å². The van der Waals surface area contributed by atoms with Gasteiger partial charge in [-0.3, -0.25) is 4.79 Å². The zero-order valence-corrected chi connectivity index (χ0v) is 10.1. The van der Waals surface area contributed by atoms with E-state index >= 15 is 0 Å². The number of rotatable bonds is 5. The largest absolute Gasteiger partial charge is 0.488 e. The van der Waals surface area contributed by atoms with Crippen LogP contribution in [0.15, 0.2) is 28.8 Å². The first-order chi connectivity index (χ1) is 9.13. The lowest BCUT2D eigenvalue weighted by Crippen LogP contribution is -2.06. The maximum absolute atomic E-state index is 10.9. The third-order valence-corrected chi connectivity index (χ3v) is 2.61. The molecule has 0 unspecified atom stereocenters. The van der Waals surface area contributed by atoms with E-state index in [9.17, 15) is 9.59 Å². The normalized spacial score (nSPS) is 10.2. The van der Waals surface area contributed by atoms with Crippen molar-refractivity contribution >= 4 is 12.3 Å². The number of carbonyl (C=O) groups excluding carboxylic acids is 1. The molecule has 1 aromatic heterocycles. The number of carbonyl (C=O) groups is 2. The molecular formula is C13H11NO5. The molecule has 0 atom stereocenters. The third-order valence-electron chi connectivity index (χ3n) is 2.61. The van der Waals surface area contributed by atoms with Gasteiger partial charge in [-0.1, -0.05) is 17.3 Å². The summed E-state index contributed by atoms with van der Waals surface area (Å²) in [5, 5.41) is 12.4. The summed E-state index contributed by atoms with van der Waals surface area (Å²) in [6.07, 6.45) is 0.675. The molecule has 2 rings (SSSR count). The van der Waals surface area contributed by atoms with Crippen LogP contribution in [0.5, 0.6) is 5.75 Å². The molecule has 6 heteroatoms. The molecule has 0 saturated heterocycles. The minimum Gasteiger partial charge on any atom is -0.488 e. The molecule has 0 bridgehead atoms. The van der Waals surface area contributed by atoms with Gasteiger partial charge in [0.05, 0.1) is 11.1 Å². The van der Waals surface area contributed by atoms with E-state index in [4.69, 9.17) is 14.4 Å². The molecule has 0 amide bonds. The van der Waals surface area contributed by atoms with Crippen molar-refractivity contribution in [2.45, 2.75) is 13.5 Å². The number of ether oxygens (including phenoxy) is 1. The standard InChI is InChI=1S/C13H11NO5/c1-8-10(12(13(16)17)14-19-8)7-18-11-5-3-2-4-9(11)6-15/h2-6H,7H2,1H3,(H,16,17). The van der Waals surface area contributed by atoms with Crippen molar-refractivity contribution in [1.82, 2.24) is 5.16 Å². The fourth-order valence-electron chi connectivity index (χ4n) is 1.59. The first kappa shape index (κ1) is 12.8. The molecule has 1 aromatic carbocycles. The fourth-order valence-corrected chi connectivity index (χ4v) is 1.59. The van der Waals surface area contributed by atoms with Crippen molar-refractivity contribution in [2.75, 3.05) is 0 Å². The predicted molar refractivity (Wildman–Crippen MR) is 64.4 cm³/mol. The number of nitrogens with zero attached hydrogens (tertiary/aromatic N) is 1. The second-order valence-electron chi connectivity index (χ2n) is 3.82. The highest BCUT2D eigenvalue weighted by atomic mass is 16.5. The Morgan fingerprint density at radius 3 is 2.89 bits per heavy atom. The number of benzene rings is 1. The van der Waals surface area contributed by atoms with Crippen molar-refractivity contribution < 1.29 is 24.0 Å². The lowest BCUT2D eigenvalue weighted by atomic mass is 10.2. The van der Waals surface area contributed by atoms with E-state index in [2.05, 4.69) is 5.16 Å². The monoisotopic (exact) mass is 261 g/mol. The first-order valence-electron chi connectivity index (χ1n) is 5.49. The molecule has 0 aliphatic carbocycles. The number of hydrogen-bond donors (Lipinski definition) is 1. The van der Waals surface area contributed by atoms with E-state index in [-0.39, 0.29) is 12.3 Å². The summed E-state index contributed by atoms with van der Waals surface area (Å²) in [5.41, 5.74) is 0.572. The number of aromatic carboxylic acids is 1. The van der Waals surface area contributed by atoms with Crippen LogP contribution in [-0.2, 0) is 6.61 Å². The van der Waals surface area contributed by atoms with Crippen molar-refractivity contribution in [3.05, 3.63) is 46.8 Å². The summed E-state index contributed by atoms with van der Waals surface area (Å²) >= 11 is 0. The maximum Gasteiger partial charge on any atom is 0.358 e. The highest BCUT2D eigenvalue weighted by molar-refractivity contribution is 5.87. The molecule has 0 radical (unpaired) electrons. The third kappa shape index (κ3) is 2.62. The van der Waals surface area contributed by atoms with E-state index < -0.39 is 5.97 Å². The van der Waals surface area contributed by atoms with Crippen molar-refractivity contribution in [2.24, 2.45) is 0 Å². The summed E-state index contributed by atoms with van der Waals surface area (Å²) in [4.78, 5) is 21.8. The van der Waals surface area contributed by atoms with Gasteiger partial charge in [-0.2, -0.15) is 0 Å². The number of para-hydroxylation sites is 1. The molecule has 0 saturated carbocycles. The highest BCUT2D eigenvalue weighted by Crippen LogP contribution is 2.20. The molecular weight excluding hydrogens is 250 g/mol. The molecule has 19 heavy (non-hydrogen) atoms. The van der Waals surface area contributed by atoms with E-state index in [1.165, 1.54) is 0 Å². The van der Waals surface area contributed by atoms with Gasteiger partial charge in [0.2, 0.25) is 0 Å². The number of carboxylic acids is 1. The second-order valence-corrected chi connectivity index (χ2v) is 3.82. The Morgan fingerprint density at radius 1 is 1.47 bits per heavy atom. The predicted octanol–water partition coefficient (Wildman–Crippen LogP) is 2.07. The van der Waals surface area contributed by atoms with Crippen LogP contribution in [0.4, 0.5) is 0 Å². The van der Waals surface area contributed by atoms with Crippen LogP contribution in [0.25, 0.3) is 0 Å². The molecule has 1 heterocycles. The Kier molecular flexibility index (Phi) is 3.61. The zero-order valence-electron chi connectivity index (χ0n) is 10.1. The smallest absolute Gasteiger partial charge is 0.358 e. The quantitative estimate of drug-likeness (QED) is 0.828. The Bertz CT molecular complexity index is 617. The van der Waals surface area contributed by atoms with Gasteiger partial charge in [0.25, 0.3) is 0 Å². The van der Waals surface area contributed by atoms with Crippen LogP contribution in [0.3, 0.4) is 0 Å². The average Bonchev–Trinajstić information content (AvgIpc) is 2.78. The summed E-state index contributed by atoms with van der Waals surface area (Å²) in [6.45, 7) is 1.57. The topological polar surface area (TPSA) is 89.6 Å². The van der Waals surface area contributed by atoms with Gasteiger partial charge in [-0.05, 0) is 19.1 Å². The average molecular weight is 261 g/mol. The van der Waals surface area contributed by atoms with Gasteiger partial charge in [0.1, 0.15) is 18.1 Å². The van der Waals surface area contributed by atoms with E-state index in [0.717, 1.165) is 0 Å². The summed E-state index contributed by atoms with van der Waals surface area (Å²) in [7, 11) is 0. The van der Waals surface area contributed by atoms with Gasteiger partial charge >= 0.3 is 5.97 Å². The van der Waals surface area contributed by atoms with Gasteiger partial charge in [0.15, 0.2) is 12.0 Å². The molecule has 98 valence electrons. The minimum absolute atomic E-state index is 0.0260. The highest BCUT2D eigenvalue weighted by Gasteiger charge is 2.19. The molecule has 6 nitrogen and oxygen atoms in total. The number of aryl methyl sites for hydroxylation is 1. The van der Waals surface area contributed by atoms with Gasteiger partial charge in [0, 0.05) is 0 Å². The number of hydrogen-bond acceptors (Lipinski definition) is 5. The molecule has 0 aliphatic rings. The van der Waals surface area contributed by atoms with Gasteiger partial charge in [-0.15, -0.1) is 0 Å². The SMILES string of the molecule is Cc1onc(C(=O)O)c1COc1ccccc1C=O. The fraction of sp³-hybridized carbons (Fsp3) is 0.154. The summed E-state index contributed by atoms with van der Waals surface area (Å²) in [5.74, 6) is -0.422. The Labute approximate surface area is 108 Å². The van der Waals surface area contributed by atoms with Crippen molar-refractivity contribution in [3.63, 3.8) is 0 Å². The van der Waals surface area contributed by atoms with Crippen LogP contribution in [0.1, 0.15) is 32.2 Å². The van der Waals surface area contributed by atoms with E-state index in [1.54, 1.807) is 31.2 Å². The number of aromatic nitrogens is 1. The first-order valence-corrected chi connectivity index (χ1v) is 5.49. The summed E-state index contributed by atoms with van der Waals surface area (Å²) in [6, 6.07) is 6.68. The van der Waals surface area contributed by atoms with Gasteiger partial charge < -0.3 is 14.4 Å². The van der Waals surface area contributed by atoms with Crippen LogP contribution in [0, 0.1) is 6.92 Å². The Hall–Kier alpha value is -2.63. The minimum atomic E-state index is -1.18. The van der Waals surface area contributed by atoms with Crippen molar-refractivity contribution in [1.29, 1.82) is 0 Å². The molecule has 2 aromatic rings. The van der Waals surface area contributed by atoms with Crippen molar-refractivity contribution in [3.8, 4) is 5.75 Å². The molecule has 1 N–H and O–H groups in total. The summed E-state index contributed by atoms with van der Waals surface area (Å²) < 4.78 is 10.3. The van der Waals surface area contributed by atoms with Gasteiger partial charge in [-0.25, -0.2) is 4.79 Å². The molecule has 0 fully saturated rings. The Balaban J connectivity index is 2.21. The van der Waals surface area contributed by atoms with Crippen LogP contribution in [-0.4, -0.2) is 22.5 Å². The Morgan fingerprint density at radius 2 is 2.21 bits per heavy atom. The van der Waals surface area contributed by atoms with E-state index in [0.29, 0.717) is 28.9 Å². The lowest BCUT2D eigenvalue weighted by molar-refractivity contribution is 0.0683. The maximum atomic E-state index is 10.9.